The Bertz CT molecular complexity index is 225. The van der Waals surface area contributed by atoms with Crippen LogP contribution >= 0.6 is 0 Å². The van der Waals surface area contributed by atoms with Crippen molar-refractivity contribution in [1.29, 1.82) is 0 Å². The van der Waals surface area contributed by atoms with Crippen LogP contribution in [0.25, 0.3) is 0 Å². The van der Waals surface area contributed by atoms with Gasteiger partial charge in [0, 0.05) is 19.5 Å². The van der Waals surface area contributed by atoms with E-state index >= 15 is 0 Å². The van der Waals surface area contributed by atoms with Crippen molar-refractivity contribution in [3.8, 4) is 0 Å². The number of nitrogens with one attached hydrogen (secondary N) is 1. The molecular formula is C10H19N3O2. The minimum atomic E-state index is -0.289. The van der Waals surface area contributed by atoms with Gasteiger partial charge in [0.25, 0.3) is 0 Å². The van der Waals surface area contributed by atoms with E-state index in [0.717, 1.165) is 25.9 Å². The standard InChI is InChI=1S/C10H19N3O2/c11-9(14)4-3-5-12-8-10(15)13-6-1-2-7-13/h12H,1-8H2,(H2,11,14). The van der Waals surface area contributed by atoms with E-state index in [1.165, 1.54) is 0 Å². The molecule has 0 saturated carbocycles. The second kappa shape index (κ2) is 6.40. The van der Waals surface area contributed by atoms with E-state index in [1.807, 2.05) is 4.90 Å². The zero-order valence-corrected chi connectivity index (χ0v) is 9.00. The second-order valence-electron chi connectivity index (χ2n) is 3.83. The van der Waals surface area contributed by atoms with E-state index in [9.17, 15) is 9.59 Å². The maximum atomic E-state index is 11.5. The highest BCUT2D eigenvalue weighted by atomic mass is 16.2. The summed E-state index contributed by atoms with van der Waals surface area (Å²) in [4.78, 5) is 23.8. The number of carbonyl (C=O) groups is 2. The first-order valence-electron chi connectivity index (χ1n) is 5.47. The molecule has 0 aromatic carbocycles. The Balaban J connectivity index is 1.99. The number of amides is 2. The summed E-state index contributed by atoms with van der Waals surface area (Å²) in [6, 6.07) is 0. The third-order valence-corrected chi connectivity index (χ3v) is 2.51. The van der Waals surface area contributed by atoms with Crippen LogP contribution in [0.4, 0.5) is 0 Å². The molecule has 1 saturated heterocycles. The number of carbonyl (C=O) groups excluding carboxylic acids is 2. The minimum absolute atomic E-state index is 0.159. The van der Waals surface area contributed by atoms with Gasteiger partial charge in [0.05, 0.1) is 6.54 Å². The zero-order chi connectivity index (χ0) is 11.1. The van der Waals surface area contributed by atoms with Crippen molar-refractivity contribution in [2.45, 2.75) is 25.7 Å². The van der Waals surface area contributed by atoms with Gasteiger partial charge in [-0.25, -0.2) is 0 Å². The summed E-state index contributed by atoms with van der Waals surface area (Å²) in [6.45, 7) is 2.82. The number of likely N-dealkylation sites (tertiary alicyclic amines) is 1. The van der Waals surface area contributed by atoms with Gasteiger partial charge in [-0.1, -0.05) is 0 Å². The van der Waals surface area contributed by atoms with Crippen molar-refractivity contribution in [3.63, 3.8) is 0 Å². The molecule has 0 radical (unpaired) electrons. The molecule has 0 unspecified atom stereocenters. The van der Waals surface area contributed by atoms with Crippen LogP contribution in [-0.4, -0.2) is 42.9 Å². The third-order valence-electron chi connectivity index (χ3n) is 2.51. The molecule has 0 bridgehead atoms. The number of rotatable bonds is 6. The topological polar surface area (TPSA) is 75.4 Å². The maximum Gasteiger partial charge on any atom is 0.236 e. The highest BCUT2D eigenvalue weighted by molar-refractivity contribution is 5.78. The first-order chi connectivity index (χ1) is 7.20. The van der Waals surface area contributed by atoms with E-state index in [0.29, 0.717) is 25.9 Å². The van der Waals surface area contributed by atoms with Gasteiger partial charge in [-0.3, -0.25) is 9.59 Å². The van der Waals surface area contributed by atoms with Crippen LogP contribution in [0.15, 0.2) is 0 Å². The summed E-state index contributed by atoms with van der Waals surface area (Å²) in [5.74, 6) is -0.130. The van der Waals surface area contributed by atoms with E-state index in [1.54, 1.807) is 0 Å². The summed E-state index contributed by atoms with van der Waals surface area (Å²) >= 11 is 0. The Morgan fingerprint density at radius 2 is 1.93 bits per heavy atom. The van der Waals surface area contributed by atoms with Gasteiger partial charge in [-0.2, -0.15) is 0 Å². The quantitative estimate of drug-likeness (QED) is 0.582. The minimum Gasteiger partial charge on any atom is -0.370 e. The molecular weight excluding hydrogens is 194 g/mol. The number of nitrogens with two attached hydrogens (primary N) is 1. The molecule has 1 fully saturated rings. The zero-order valence-electron chi connectivity index (χ0n) is 9.00. The summed E-state index contributed by atoms with van der Waals surface area (Å²) in [5, 5.41) is 3.02. The molecule has 0 aromatic rings. The largest absolute Gasteiger partial charge is 0.370 e. The Labute approximate surface area is 90.0 Å². The van der Waals surface area contributed by atoms with E-state index < -0.39 is 0 Å². The summed E-state index contributed by atoms with van der Waals surface area (Å²) in [5.41, 5.74) is 4.99. The third kappa shape index (κ3) is 4.78. The van der Waals surface area contributed by atoms with E-state index in [4.69, 9.17) is 5.73 Å². The van der Waals surface area contributed by atoms with Gasteiger partial charge in [-0.05, 0) is 25.8 Å². The smallest absolute Gasteiger partial charge is 0.236 e. The molecule has 1 rings (SSSR count). The van der Waals surface area contributed by atoms with Gasteiger partial charge in [0.1, 0.15) is 0 Å². The van der Waals surface area contributed by atoms with Crippen LogP contribution in [0, 0.1) is 0 Å². The number of primary amides is 1. The van der Waals surface area contributed by atoms with Gasteiger partial charge in [0.15, 0.2) is 0 Å². The fourth-order valence-electron chi connectivity index (χ4n) is 1.66. The lowest BCUT2D eigenvalue weighted by molar-refractivity contribution is -0.129. The van der Waals surface area contributed by atoms with Crippen LogP contribution in [0.3, 0.4) is 0 Å². The number of hydrogen-bond donors (Lipinski definition) is 2. The lowest BCUT2D eigenvalue weighted by Gasteiger charge is -2.15. The van der Waals surface area contributed by atoms with Crippen LogP contribution in [-0.2, 0) is 9.59 Å². The molecule has 0 spiro atoms. The van der Waals surface area contributed by atoms with Crippen LogP contribution in [0.1, 0.15) is 25.7 Å². The predicted octanol–water partition coefficient (Wildman–Crippen LogP) is -0.536. The van der Waals surface area contributed by atoms with Gasteiger partial charge < -0.3 is 16.0 Å². The Morgan fingerprint density at radius 3 is 2.53 bits per heavy atom. The molecule has 1 heterocycles. The molecule has 0 aliphatic carbocycles. The van der Waals surface area contributed by atoms with E-state index in [2.05, 4.69) is 5.32 Å². The summed E-state index contributed by atoms with van der Waals surface area (Å²) in [6.07, 6.45) is 3.31. The van der Waals surface area contributed by atoms with Crippen molar-refractivity contribution in [2.24, 2.45) is 5.73 Å². The van der Waals surface area contributed by atoms with Crippen molar-refractivity contribution in [3.05, 3.63) is 0 Å². The fourth-order valence-corrected chi connectivity index (χ4v) is 1.66. The van der Waals surface area contributed by atoms with Gasteiger partial charge in [0.2, 0.25) is 11.8 Å². The average molecular weight is 213 g/mol. The lowest BCUT2D eigenvalue weighted by atomic mass is 10.3. The molecule has 3 N–H and O–H groups in total. The molecule has 5 nitrogen and oxygen atoms in total. The highest BCUT2D eigenvalue weighted by Gasteiger charge is 2.16. The first kappa shape index (κ1) is 12.0. The van der Waals surface area contributed by atoms with Crippen molar-refractivity contribution in [2.75, 3.05) is 26.2 Å². The predicted molar refractivity (Wildman–Crippen MR) is 57.1 cm³/mol. The van der Waals surface area contributed by atoms with Crippen molar-refractivity contribution >= 4 is 11.8 Å². The van der Waals surface area contributed by atoms with Crippen molar-refractivity contribution in [1.82, 2.24) is 10.2 Å². The fraction of sp³-hybridized carbons (Fsp3) is 0.800. The number of hydrogen-bond acceptors (Lipinski definition) is 3. The normalized spacial score (nSPS) is 15.6. The van der Waals surface area contributed by atoms with Crippen LogP contribution < -0.4 is 11.1 Å². The Hall–Kier alpha value is -1.10. The molecule has 2 amide bonds. The number of nitrogens with zero attached hydrogens (tertiary/aromatic N) is 1. The summed E-state index contributed by atoms with van der Waals surface area (Å²) in [7, 11) is 0. The monoisotopic (exact) mass is 213 g/mol. The molecule has 15 heavy (non-hydrogen) atoms. The van der Waals surface area contributed by atoms with Gasteiger partial charge >= 0.3 is 0 Å². The molecule has 1 aliphatic heterocycles. The average Bonchev–Trinajstić information content (AvgIpc) is 2.69. The maximum absolute atomic E-state index is 11.5. The molecule has 0 atom stereocenters. The summed E-state index contributed by atoms with van der Waals surface area (Å²) < 4.78 is 0. The Kier molecular flexibility index (Phi) is 5.10. The Morgan fingerprint density at radius 1 is 1.27 bits per heavy atom. The van der Waals surface area contributed by atoms with Crippen molar-refractivity contribution < 1.29 is 9.59 Å². The van der Waals surface area contributed by atoms with Gasteiger partial charge in [-0.15, -0.1) is 0 Å². The second-order valence-corrected chi connectivity index (χ2v) is 3.83. The molecule has 86 valence electrons. The first-order valence-corrected chi connectivity index (χ1v) is 5.47. The van der Waals surface area contributed by atoms with Crippen LogP contribution in [0.5, 0.6) is 0 Å². The molecule has 1 aliphatic rings. The lowest BCUT2D eigenvalue weighted by Crippen LogP contribution is -2.36. The molecule has 5 heteroatoms. The van der Waals surface area contributed by atoms with Crippen LogP contribution in [0.2, 0.25) is 0 Å². The SMILES string of the molecule is NC(=O)CCCNCC(=O)N1CCCC1. The molecule has 0 aromatic heterocycles. The highest BCUT2D eigenvalue weighted by Crippen LogP contribution is 2.06. The van der Waals surface area contributed by atoms with E-state index in [-0.39, 0.29) is 11.8 Å².